The van der Waals surface area contributed by atoms with Crippen molar-refractivity contribution in [2.24, 2.45) is 0 Å². The molecule has 0 aliphatic carbocycles. The van der Waals surface area contributed by atoms with E-state index in [1.807, 2.05) is 0 Å². The quantitative estimate of drug-likeness (QED) is 0.627. The molecule has 0 saturated heterocycles. The number of aromatic amines is 1. The molecular weight excluding hydrogens is 202 g/mol. The number of nitrogens with one attached hydrogen (secondary N) is 1. The normalized spacial score (nSPS) is 9.93. The van der Waals surface area contributed by atoms with E-state index < -0.39 is 5.97 Å². The molecule has 0 aromatic carbocycles. The van der Waals surface area contributed by atoms with Crippen molar-refractivity contribution >= 4 is 11.9 Å². The van der Waals surface area contributed by atoms with Crippen LogP contribution < -0.4 is 0 Å². The average molecular weight is 213 g/mol. The van der Waals surface area contributed by atoms with E-state index in [1.54, 1.807) is 0 Å². The minimum absolute atomic E-state index is 0.0205. The van der Waals surface area contributed by atoms with Crippen molar-refractivity contribution in [3.05, 3.63) is 5.82 Å². The zero-order valence-electron chi connectivity index (χ0n) is 8.17. The van der Waals surface area contributed by atoms with E-state index in [2.05, 4.69) is 20.6 Å². The summed E-state index contributed by atoms with van der Waals surface area (Å²) in [6.45, 7) is 0.173. The minimum atomic E-state index is -0.936. The fraction of sp³-hybridized carbons (Fsp3) is 0.571. The Balaban J connectivity index is 2.36. The predicted molar refractivity (Wildman–Crippen MR) is 47.8 cm³/mol. The first-order valence-electron chi connectivity index (χ1n) is 4.27. The van der Waals surface area contributed by atoms with Gasteiger partial charge in [0.25, 0.3) is 0 Å². The maximum absolute atomic E-state index is 11.4. The summed E-state index contributed by atoms with van der Waals surface area (Å²) in [4.78, 5) is 23.0. The molecule has 15 heavy (non-hydrogen) atoms. The van der Waals surface area contributed by atoms with Crippen molar-refractivity contribution in [1.82, 2.24) is 25.5 Å². The zero-order valence-corrected chi connectivity index (χ0v) is 8.17. The van der Waals surface area contributed by atoms with E-state index in [9.17, 15) is 9.59 Å². The molecule has 0 unspecified atom stereocenters. The van der Waals surface area contributed by atoms with Crippen LogP contribution in [0.15, 0.2) is 0 Å². The van der Waals surface area contributed by atoms with E-state index in [1.165, 1.54) is 11.9 Å². The van der Waals surface area contributed by atoms with E-state index in [4.69, 9.17) is 5.11 Å². The highest BCUT2D eigenvalue weighted by atomic mass is 16.4. The first kappa shape index (κ1) is 11.1. The van der Waals surface area contributed by atoms with Crippen LogP contribution in [-0.4, -0.2) is 56.1 Å². The number of carbonyl (C=O) groups is 2. The Labute approximate surface area is 85.3 Å². The van der Waals surface area contributed by atoms with Crippen molar-refractivity contribution in [3.8, 4) is 0 Å². The molecule has 1 amide bonds. The molecule has 0 fully saturated rings. The molecule has 0 aliphatic heterocycles. The first-order valence-corrected chi connectivity index (χ1v) is 4.27. The number of aromatic nitrogens is 4. The number of amides is 1. The second kappa shape index (κ2) is 5.03. The minimum Gasteiger partial charge on any atom is -0.481 e. The van der Waals surface area contributed by atoms with Crippen LogP contribution in [0.4, 0.5) is 0 Å². The summed E-state index contributed by atoms with van der Waals surface area (Å²) in [7, 11) is 1.53. The number of carbonyl (C=O) groups excluding carboxylic acids is 1. The summed E-state index contributed by atoms with van der Waals surface area (Å²) in [5.41, 5.74) is 0. The summed E-state index contributed by atoms with van der Waals surface area (Å²) in [5.74, 6) is -0.881. The number of likely N-dealkylation sites (N-methyl/N-ethyl adjacent to an activating group) is 1. The molecule has 0 spiro atoms. The molecule has 0 radical (unpaired) electrons. The predicted octanol–water partition coefficient (Wildman–Crippen LogP) is -1.32. The number of H-pyrrole nitrogens is 1. The van der Waals surface area contributed by atoms with Gasteiger partial charge in [-0.25, -0.2) is 0 Å². The molecule has 82 valence electrons. The maximum atomic E-state index is 11.4. The third kappa shape index (κ3) is 3.71. The highest BCUT2D eigenvalue weighted by Crippen LogP contribution is 1.94. The molecule has 1 aromatic heterocycles. The number of carboxylic acid groups (broad SMARTS) is 1. The maximum Gasteiger partial charge on any atom is 0.305 e. The monoisotopic (exact) mass is 213 g/mol. The van der Waals surface area contributed by atoms with Gasteiger partial charge in [-0.2, -0.15) is 5.21 Å². The highest BCUT2D eigenvalue weighted by Gasteiger charge is 2.13. The molecule has 0 atom stereocenters. The van der Waals surface area contributed by atoms with E-state index >= 15 is 0 Å². The molecule has 0 aliphatic rings. The Hall–Kier alpha value is -1.99. The van der Waals surface area contributed by atoms with Gasteiger partial charge in [0.15, 0.2) is 5.82 Å². The lowest BCUT2D eigenvalue weighted by Gasteiger charge is -2.14. The summed E-state index contributed by atoms with van der Waals surface area (Å²) in [5, 5.41) is 21.2. The van der Waals surface area contributed by atoms with Crippen molar-refractivity contribution in [2.75, 3.05) is 13.6 Å². The van der Waals surface area contributed by atoms with Gasteiger partial charge in [-0.1, -0.05) is 5.21 Å². The largest absolute Gasteiger partial charge is 0.481 e. The van der Waals surface area contributed by atoms with E-state index in [0.717, 1.165) is 0 Å². The van der Waals surface area contributed by atoms with Crippen LogP contribution in [0.3, 0.4) is 0 Å². The molecule has 8 nitrogen and oxygen atoms in total. The number of rotatable bonds is 5. The van der Waals surface area contributed by atoms with Crippen LogP contribution in [0.1, 0.15) is 12.2 Å². The first-order chi connectivity index (χ1) is 7.09. The molecule has 1 aromatic rings. The van der Waals surface area contributed by atoms with Gasteiger partial charge in [-0.15, -0.1) is 10.2 Å². The van der Waals surface area contributed by atoms with Gasteiger partial charge in [-0.05, 0) is 0 Å². The molecule has 8 heteroatoms. The van der Waals surface area contributed by atoms with Gasteiger partial charge >= 0.3 is 5.97 Å². The number of hydrogen-bond acceptors (Lipinski definition) is 5. The van der Waals surface area contributed by atoms with Crippen molar-refractivity contribution in [1.29, 1.82) is 0 Å². The second-order valence-electron chi connectivity index (χ2n) is 2.96. The van der Waals surface area contributed by atoms with Crippen LogP contribution in [0.2, 0.25) is 0 Å². The SMILES string of the molecule is CN(CCC(=O)O)C(=O)Cc1nn[nH]n1. The summed E-state index contributed by atoms with van der Waals surface area (Å²) in [6.07, 6.45) is -0.0545. The van der Waals surface area contributed by atoms with E-state index in [-0.39, 0.29) is 25.3 Å². The Morgan fingerprint density at radius 3 is 2.80 bits per heavy atom. The summed E-state index contributed by atoms with van der Waals surface area (Å²) in [6, 6.07) is 0. The number of nitrogens with zero attached hydrogens (tertiary/aromatic N) is 4. The molecule has 1 rings (SSSR count). The smallest absolute Gasteiger partial charge is 0.305 e. The van der Waals surface area contributed by atoms with Crippen molar-refractivity contribution < 1.29 is 14.7 Å². The molecule has 0 bridgehead atoms. The van der Waals surface area contributed by atoms with Crippen LogP contribution in [0.25, 0.3) is 0 Å². The number of aliphatic carboxylic acids is 1. The molecule has 1 heterocycles. The third-order valence-corrected chi connectivity index (χ3v) is 1.79. The van der Waals surface area contributed by atoms with Crippen molar-refractivity contribution in [3.63, 3.8) is 0 Å². The topological polar surface area (TPSA) is 112 Å². The van der Waals surface area contributed by atoms with Gasteiger partial charge < -0.3 is 10.0 Å². The lowest BCUT2D eigenvalue weighted by molar-refractivity contribution is -0.138. The second-order valence-corrected chi connectivity index (χ2v) is 2.96. The van der Waals surface area contributed by atoms with Gasteiger partial charge in [0.05, 0.1) is 12.8 Å². The zero-order chi connectivity index (χ0) is 11.3. The van der Waals surface area contributed by atoms with Gasteiger partial charge in [0.2, 0.25) is 5.91 Å². The van der Waals surface area contributed by atoms with Gasteiger partial charge in [-0.3, -0.25) is 9.59 Å². The molecular formula is C7H11N5O3. The van der Waals surface area contributed by atoms with E-state index in [0.29, 0.717) is 5.82 Å². The highest BCUT2D eigenvalue weighted by molar-refractivity contribution is 5.78. The van der Waals surface area contributed by atoms with Crippen LogP contribution in [0.5, 0.6) is 0 Å². The van der Waals surface area contributed by atoms with Gasteiger partial charge in [0, 0.05) is 13.6 Å². The Morgan fingerprint density at radius 2 is 2.27 bits per heavy atom. The molecule has 2 N–H and O–H groups in total. The number of tetrazole rings is 1. The summed E-state index contributed by atoms with van der Waals surface area (Å²) >= 11 is 0. The van der Waals surface area contributed by atoms with Crippen LogP contribution >= 0.6 is 0 Å². The van der Waals surface area contributed by atoms with Crippen LogP contribution in [-0.2, 0) is 16.0 Å². The van der Waals surface area contributed by atoms with Crippen molar-refractivity contribution in [2.45, 2.75) is 12.8 Å². The fourth-order valence-electron chi connectivity index (χ4n) is 0.916. The standard InChI is InChI=1S/C7H11N5O3/c1-12(3-2-7(14)15)6(13)4-5-8-10-11-9-5/h2-4H2,1H3,(H,14,15)(H,8,9,10,11). The van der Waals surface area contributed by atoms with Gasteiger partial charge in [0.1, 0.15) is 0 Å². The summed E-state index contributed by atoms with van der Waals surface area (Å²) < 4.78 is 0. The Morgan fingerprint density at radius 1 is 1.53 bits per heavy atom. The third-order valence-electron chi connectivity index (χ3n) is 1.79. The number of hydrogen-bond donors (Lipinski definition) is 2. The Kier molecular flexibility index (Phi) is 3.72. The molecule has 0 saturated carbocycles. The lowest BCUT2D eigenvalue weighted by atomic mass is 10.3. The fourth-order valence-corrected chi connectivity index (χ4v) is 0.916. The lowest BCUT2D eigenvalue weighted by Crippen LogP contribution is -2.30. The van der Waals surface area contributed by atoms with Crippen LogP contribution in [0, 0.1) is 0 Å². The number of carboxylic acids is 1. The Bertz CT molecular complexity index is 336. The average Bonchev–Trinajstić information content (AvgIpc) is 2.66.